The van der Waals surface area contributed by atoms with Crippen LogP contribution in [0.15, 0.2) is 49.3 Å². The number of phenols is 1. The lowest BCUT2D eigenvalue weighted by Crippen LogP contribution is -2.61. The molecule has 0 spiro atoms. The SMILES string of the molecule is CC[C@H](C)[C@H](NC(=O)[C@H](CCSC)NC(=O)[C@H](Cc1ccc(O)cc1)NC(=O)[C@@H](N)Cc1cnc[nH]1)C(=O)N[C@@H](Cc1cnc[nH]1)C(=O)N[C@@H](CCC(=O)O)C(=O)N1CCC[C@H]1C(=O)N[C@@H](CCC(=O)O)C(=O)N1CCC[C@H]1C(=O)O. The highest BCUT2D eigenvalue weighted by Gasteiger charge is 2.43. The molecule has 8 amide bonds. The lowest BCUT2D eigenvalue weighted by atomic mass is 9.96. The number of carboxylic acids is 3. The Morgan fingerprint density at radius 1 is 0.642 bits per heavy atom. The Hall–Kier alpha value is -8.08. The van der Waals surface area contributed by atoms with Crippen LogP contribution in [-0.4, -0.2) is 195 Å². The molecule has 442 valence electrons. The first-order valence-corrected chi connectivity index (χ1v) is 28.1. The highest BCUT2D eigenvalue weighted by molar-refractivity contribution is 7.98. The van der Waals surface area contributed by atoms with E-state index in [0.717, 1.165) is 9.80 Å². The van der Waals surface area contributed by atoms with E-state index >= 15 is 0 Å². The van der Waals surface area contributed by atoms with Gasteiger partial charge in [-0.05, 0) is 80.6 Å². The van der Waals surface area contributed by atoms with E-state index in [2.05, 4.69) is 51.8 Å². The van der Waals surface area contributed by atoms with Gasteiger partial charge >= 0.3 is 17.9 Å². The fourth-order valence-electron chi connectivity index (χ4n) is 9.48. The van der Waals surface area contributed by atoms with Gasteiger partial charge in [0.15, 0.2) is 0 Å². The average molecular weight is 1150 g/mol. The highest BCUT2D eigenvalue weighted by Crippen LogP contribution is 2.23. The fourth-order valence-corrected chi connectivity index (χ4v) is 9.95. The molecular formula is C52H73N13O15S. The van der Waals surface area contributed by atoms with Gasteiger partial charge in [0.2, 0.25) is 47.3 Å². The van der Waals surface area contributed by atoms with Crippen LogP contribution < -0.4 is 37.6 Å². The molecule has 2 aromatic heterocycles. The fraction of sp³-hybridized carbons (Fsp3) is 0.558. The minimum Gasteiger partial charge on any atom is -0.508 e. The first kappa shape index (κ1) is 63.7. The van der Waals surface area contributed by atoms with Crippen LogP contribution in [0.25, 0.3) is 0 Å². The number of phenolic OH excluding ortho intramolecular Hbond substituents is 1. The number of hydrogen-bond donors (Lipinski definition) is 13. The van der Waals surface area contributed by atoms with Gasteiger partial charge in [-0.1, -0.05) is 32.4 Å². The van der Waals surface area contributed by atoms with Gasteiger partial charge in [-0.2, -0.15) is 11.8 Å². The number of carbonyl (C=O) groups excluding carboxylic acids is 8. The lowest BCUT2D eigenvalue weighted by molar-refractivity contribution is -0.150. The molecule has 2 saturated heterocycles. The number of carbonyl (C=O) groups is 11. The Kier molecular flexibility index (Phi) is 24.4. The molecule has 3 aromatic rings. The number of carboxylic acid groups (broad SMARTS) is 3. The maximum Gasteiger partial charge on any atom is 0.326 e. The number of H-pyrrole nitrogens is 2. The van der Waals surface area contributed by atoms with Crippen molar-refractivity contribution in [3.05, 3.63) is 66.3 Å². The van der Waals surface area contributed by atoms with Crippen LogP contribution in [0.4, 0.5) is 0 Å². The predicted molar refractivity (Wildman–Crippen MR) is 289 cm³/mol. The number of aromatic nitrogens is 4. The number of aromatic amines is 2. The summed E-state index contributed by atoms with van der Waals surface area (Å²) in [5.74, 6) is -10.7. The van der Waals surface area contributed by atoms with Crippen molar-refractivity contribution in [2.75, 3.05) is 25.1 Å². The van der Waals surface area contributed by atoms with E-state index in [-0.39, 0.29) is 63.8 Å². The van der Waals surface area contributed by atoms with Gasteiger partial charge in [0, 0.05) is 69.0 Å². The number of thioether (sulfide) groups is 1. The number of nitrogens with two attached hydrogens (primary N) is 1. The van der Waals surface area contributed by atoms with E-state index in [1.165, 1.54) is 48.9 Å². The monoisotopic (exact) mass is 1150 g/mol. The van der Waals surface area contributed by atoms with E-state index in [1.807, 2.05) is 0 Å². The van der Waals surface area contributed by atoms with Crippen LogP contribution >= 0.6 is 11.8 Å². The first-order chi connectivity index (χ1) is 38.6. The van der Waals surface area contributed by atoms with Crippen molar-refractivity contribution in [3.63, 3.8) is 0 Å². The topological polar surface area (TPSA) is 431 Å². The molecule has 2 aliphatic heterocycles. The summed E-state index contributed by atoms with van der Waals surface area (Å²) in [7, 11) is 0. The van der Waals surface area contributed by atoms with Crippen LogP contribution in [-0.2, 0) is 72.0 Å². The van der Waals surface area contributed by atoms with Gasteiger partial charge in [0.25, 0.3) is 0 Å². The van der Waals surface area contributed by atoms with E-state index in [1.54, 1.807) is 32.2 Å². The lowest BCUT2D eigenvalue weighted by Gasteiger charge is -2.32. The zero-order chi connectivity index (χ0) is 59.3. The maximum atomic E-state index is 14.5. The molecule has 14 N–H and O–H groups in total. The molecule has 2 aliphatic rings. The minimum atomic E-state index is -1.60. The molecule has 1 aromatic carbocycles. The van der Waals surface area contributed by atoms with Crippen LogP contribution in [0.2, 0.25) is 0 Å². The van der Waals surface area contributed by atoms with E-state index < -0.39 is 151 Å². The maximum absolute atomic E-state index is 14.5. The number of nitrogens with zero attached hydrogens (tertiary/aromatic N) is 4. The Morgan fingerprint density at radius 2 is 1.14 bits per heavy atom. The third-order valence-corrected chi connectivity index (χ3v) is 14.8. The van der Waals surface area contributed by atoms with E-state index in [9.17, 15) is 73.2 Å². The molecule has 0 radical (unpaired) electrons. The zero-order valence-corrected chi connectivity index (χ0v) is 46.1. The number of nitrogens with one attached hydrogen (secondary N) is 8. The molecule has 29 heteroatoms. The molecule has 10 atom stereocenters. The Bertz CT molecular complexity index is 2660. The molecule has 28 nitrogen and oxygen atoms in total. The Labute approximate surface area is 470 Å². The smallest absolute Gasteiger partial charge is 0.326 e. The molecule has 0 saturated carbocycles. The summed E-state index contributed by atoms with van der Waals surface area (Å²) in [6, 6.07) is -6.11. The van der Waals surface area contributed by atoms with Crippen molar-refractivity contribution in [3.8, 4) is 5.75 Å². The highest BCUT2D eigenvalue weighted by atomic mass is 32.2. The molecule has 0 unspecified atom stereocenters. The largest absolute Gasteiger partial charge is 0.508 e. The van der Waals surface area contributed by atoms with Crippen molar-refractivity contribution >= 4 is 76.9 Å². The summed E-state index contributed by atoms with van der Waals surface area (Å²) in [5.41, 5.74) is 7.68. The van der Waals surface area contributed by atoms with Gasteiger partial charge in [-0.25, -0.2) is 14.8 Å². The van der Waals surface area contributed by atoms with Crippen LogP contribution in [0.3, 0.4) is 0 Å². The molecule has 5 rings (SSSR count). The molecule has 0 aliphatic carbocycles. The van der Waals surface area contributed by atoms with E-state index in [4.69, 9.17) is 5.73 Å². The second-order valence-corrected chi connectivity index (χ2v) is 21.1. The van der Waals surface area contributed by atoms with E-state index in [0.29, 0.717) is 35.5 Å². The number of amides is 8. The number of aliphatic carboxylic acids is 3. The molecular weight excluding hydrogens is 1080 g/mol. The third-order valence-electron chi connectivity index (χ3n) is 14.2. The number of imidazole rings is 2. The van der Waals surface area contributed by atoms with Crippen molar-refractivity contribution in [2.24, 2.45) is 11.7 Å². The van der Waals surface area contributed by atoms with Crippen LogP contribution in [0.5, 0.6) is 5.75 Å². The van der Waals surface area contributed by atoms with Crippen molar-refractivity contribution in [1.82, 2.24) is 61.6 Å². The second kappa shape index (κ2) is 31.1. The molecule has 0 bridgehead atoms. The van der Waals surface area contributed by atoms with Crippen molar-refractivity contribution < 1.29 is 73.2 Å². The van der Waals surface area contributed by atoms with Gasteiger partial charge in [0.1, 0.15) is 54.1 Å². The van der Waals surface area contributed by atoms with Crippen LogP contribution in [0, 0.1) is 5.92 Å². The average Bonchev–Trinajstić information content (AvgIpc) is 4.44. The number of rotatable bonds is 32. The van der Waals surface area contributed by atoms with Crippen LogP contribution in [0.1, 0.15) is 95.0 Å². The van der Waals surface area contributed by atoms with Crippen molar-refractivity contribution in [1.29, 1.82) is 0 Å². The van der Waals surface area contributed by atoms with Gasteiger partial charge in [0.05, 0.1) is 18.7 Å². The summed E-state index contributed by atoms with van der Waals surface area (Å²) in [6.07, 6.45) is 6.29. The summed E-state index contributed by atoms with van der Waals surface area (Å²) in [5, 5.41) is 54.7. The Morgan fingerprint density at radius 3 is 1.67 bits per heavy atom. The normalized spacial score (nSPS) is 17.9. The predicted octanol–water partition coefficient (Wildman–Crippen LogP) is -1.30. The number of benzene rings is 1. The number of likely N-dealkylation sites (tertiary alicyclic amines) is 2. The van der Waals surface area contributed by atoms with Gasteiger partial charge < -0.3 is 77.8 Å². The summed E-state index contributed by atoms with van der Waals surface area (Å²) in [6.45, 7) is 3.44. The summed E-state index contributed by atoms with van der Waals surface area (Å²) in [4.78, 5) is 164. The van der Waals surface area contributed by atoms with Crippen molar-refractivity contribution in [2.45, 2.75) is 152 Å². The zero-order valence-electron chi connectivity index (χ0n) is 45.3. The summed E-state index contributed by atoms with van der Waals surface area (Å²) < 4.78 is 0. The standard InChI is InChI=1S/C52H73N13O15S/c1-4-28(2)43(63-45(72)34(17-20-81-3)58-46(73)37(21-29-9-11-32(66)12-10-29)61-44(71)33(53)22-30-24-54-26-56-30)49(76)62-38(23-31-25-55-27-57-31)47(74)59-35(13-15-41(67)68)50(77)64-18-5-7-39(64)48(75)60-36(14-16-42(69)70)51(78)65-19-6-8-40(65)52(79)80/h9-12,24-28,33-40,43,66H,4-8,13-23,53H2,1-3H3,(H,54,56)(H,55,57)(H,58,73)(H,59,74)(H,60,75)(H,61,71)(H,62,76)(H,63,72)(H,67,68)(H,69,70)(H,79,80)/t28-,33-,34-,35-,36-,37-,38-,39-,40-,43-/m0/s1. The quantitative estimate of drug-likeness (QED) is 0.0345. The number of aromatic hydroxyl groups is 1. The third kappa shape index (κ3) is 19.0. The Balaban J connectivity index is 1.35. The first-order valence-electron chi connectivity index (χ1n) is 26.7. The van der Waals surface area contributed by atoms with Gasteiger partial charge in [-0.15, -0.1) is 0 Å². The molecule has 81 heavy (non-hydrogen) atoms. The molecule has 2 fully saturated rings. The number of hydrogen-bond acceptors (Lipinski definition) is 16. The minimum absolute atomic E-state index is 0.0321. The molecule has 4 heterocycles. The summed E-state index contributed by atoms with van der Waals surface area (Å²) >= 11 is 1.38. The van der Waals surface area contributed by atoms with Gasteiger partial charge in [-0.3, -0.25) is 47.9 Å². The second-order valence-electron chi connectivity index (χ2n) is 20.1.